The SMILES string of the molecule is CNCCN(C=N)CCCCC1CCCCC1. The molecule has 17 heavy (non-hydrogen) atoms. The Labute approximate surface area is 106 Å². The first-order chi connectivity index (χ1) is 8.36. The van der Waals surface area contributed by atoms with Crippen molar-refractivity contribution in [2.75, 3.05) is 26.7 Å². The van der Waals surface area contributed by atoms with Gasteiger partial charge in [-0.2, -0.15) is 0 Å². The zero-order valence-corrected chi connectivity index (χ0v) is 11.4. The van der Waals surface area contributed by atoms with E-state index < -0.39 is 0 Å². The summed E-state index contributed by atoms with van der Waals surface area (Å²) < 4.78 is 0. The standard InChI is InChI=1S/C14H29N3/c1-16-10-12-17(13-15)11-6-5-9-14-7-3-2-4-8-14/h13-16H,2-12H2,1H3. The van der Waals surface area contributed by atoms with Gasteiger partial charge in [0.05, 0.1) is 6.34 Å². The Morgan fingerprint density at radius 2 is 1.94 bits per heavy atom. The molecule has 0 aromatic heterocycles. The van der Waals surface area contributed by atoms with Crippen LogP contribution in [0.5, 0.6) is 0 Å². The molecule has 0 aromatic rings. The molecule has 0 saturated heterocycles. The lowest BCUT2D eigenvalue weighted by atomic mass is 9.86. The molecule has 0 aliphatic heterocycles. The van der Waals surface area contributed by atoms with Crippen LogP contribution in [0.25, 0.3) is 0 Å². The molecule has 0 bridgehead atoms. The van der Waals surface area contributed by atoms with Gasteiger partial charge in [0.15, 0.2) is 0 Å². The summed E-state index contributed by atoms with van der Waals surface area (Å²) >= 11 is 0. The summed E-state index contributed by atoms with van der Waals surface area (Å²) in [5, 5.41) is 10.5. The van der Waals surface area contributed by atoms with Gasteiger partial charge in [-0.15, -0.1) is 0 Å². The van der Waals surface area contributed by atoms with E-state index in [9.17, 15) is 0 Å². The summed E-state index contributed by atoms with van der Waals surface area (Å²) in [6.45, 7) is 2.99. The summed E-state index contributed by atoms with van der Waals surface area (Å²) in [6.07, 6.45) is 12.8. The highest BCUT2D eigenvalue weighted by Gasteiger charge is 2.12. The van der Waals surface area contributed by atoms with E-state index in [4.69, 9.17) is 5.41 Å². The molecule has 2 N–H and O–H groups in total. The van der Waals surface area contributed by atoms with Gasteiger partial charge in [-0.3, -0.25) is 5.41 Å². The molecule has 3 heteroatoms. The van der Waals surface area contributed by atoms with Crippen molar-refractivity contribution in [3.63, 3.8) is 0 Å². The topological polar surface area (TPSA) is 39.1 Å². The van der Waals surface area contributed by atoms with Gasteiger partial charge in [-0.05, 0) is 19.4 Å². The molecule has 0 unspecified atom stereocenters. The maximum absolute atomic E-state index is 7.34. The van der Waals surface area contributed by atoms with Crippen molar-refractivity contribution >= 4 is 6.34 Å². The van der Waals surface area contributed by atoms with E-state index >= 15 is 0 Å². The van der Waals surface area contributed by atoms with Crippen LogP contribution in [0, 0.1) is 11.3 Å². The van der Waals surface area contributed by atoms with Crippen molar-refractivity contribution in [3.8, 4) is 0 Å². The average molecular weight is 239 g/mol. The Morgan fingerprint density at radius 3 is 2.59 bits per heavy atom. The number of nitrogens with zero attached hydrogens (tertiary/aromatic N) is 1. The Hall–Kier alpha value is -0.570. The first-order valence-corrected chi connectivity index (χ1v) is 7.26. The fraction of sp³-hybridized carbons (Fsp3) is 0.929. The molecule has 1 saturated carbocycles. The zero-order valence-electron chi connectivity index (χ0n) is 11.4. The fourth-order valence-electron chi connectivity index (χ4n) is 2.72. The smallest absolute Gasteiger partial charge is 0.0817 e. The van der Waals surface area contributed by atoms with E-state index in [0.717, 1.165) is 25.6 Å². The lowest BCUT2D eigenvalue weighted by molar-refractivity contribution is 0.320. The van der Waals surface area contributed by atoms with Crippen molar-refractivity contribution in [3.05, 3.63) is 0 Å². The molecule has 1 aliphatic carbocycles. The molecule has 1 rings (SSSR count). The third-order valence-electron chi connectivity index (χ3n) is 3.86. The van der Waals surface area contributed by atoms with Crippen molar-refractivity contribution in [2.24, 2.45) is 5.92 Å². The number of likely N-dealkylation sites (N-methyl/N-ethyl adjacent to an activating group) is 1. The molecule has 1 fully saturated rings. The molecule has 3 nitrogen and oxygen atoms in total. The van der Waals surface area contributed by atoms with Crippen molar-refractivity contribution in [1.29, 1.82) is 5.41 Å². The minimum atomic E-state index is 0.962. The van der Waals surface area contributed by atoms with Gasteiger partial charge >= 0.3 is 0 Å². The van der Waals surface area contributed by atoms with Gasteiger partial charge in [0.1, 0.15) is 0 Å². The fourth-order valence-corrected chi connectivity index (χ4v) is 2.72. The normalized spacial score (nSPS) is 17.0. The number of hydrogen-bond acceptors (Lipinski definition) is 2. The van der Waals surface area contributed by atoms with Crippen LogP contribution in [-0.4, -0.2) is 37.9 Å². The number of rotatable bonds is 9. The minimum absolute atomic E-state index is 0.962. The van der Waals surface area contributed by atoms with Gasteiger partial charge < -0.3 is 10.2 Å². The maximum atomic E-state index is 7.34. The average Bonchev–Trinajstić information content (AvgIpc) is 2.39. The van der Waals surface area contributed by atoms with Gasteiger partial charge in [-0.1, -0.05) is 44.9 Å². The Bertz CT molecular complexity index is 188. The van der Waals surface area contributed by atoms with Gasteiger partial charge in [0.2, 0.25) is 0 Å². The summed E-state index contributed by atoms with van der Waals surface area (Å²) in [5.41, 5.74) is 0. The van der Waals surface area contributed by atoms with Crippen LogP contribution in [0.1, 0.15) is 51.4 Å². The highest BCUT2D eigenvalue weighted by molar-refractivity contribution is 5.50. The second-order valence-electron chi connectivity index (χ2n) is 5.27. The number of unbranched alkanes of at least 4 members (excludes halogenated alkanes) is 1. The Balaban J connectivity index is 1.99. The van der Waals surface area contributed by atoms with Gasteiger partial charge in [0, 0.05) is 19.6 Å². The molecule has 0 amide bonds. The lowest BCUT2D eigenvalue weighted by Gasteiger charge is -2.22. The van der Waals surface area contributed by atoms with Crippen molar-refractivity contribution in [1.82, 2.24) is 10.2 Å². The maximum Gasteiger partial charge on any atom is 0.0817 e. The van der Waals surface area contributed by atoms with Crippen LogP contribution < -0.4 is 5.32 Å². The number of hydrogen-bond donors (Lipinski definition) is 2. The minimum Gasteiger partial charge on any atom is -0.362 e. The van der Waals surface area contributed by atoms with Crippen LogP contribution >= 0.6 is 0 Å². The third-order valence-corrected chi connectivity index (χ3v) is 3.86. The largest absolute Gasteiger partial charge is 0.362 e. The lowest BCUT2D eigenvalue weighted by Crippen LogP contribution is -2.30. The molecule has 1 aliphatic rings. The second kappa shape index (κ2) is 9.46. The predicted octanol–water partition coefficient (Wildman–Crippen LogP) is 2.87. The van der Waals surface area contributed by atoms with E-state index in [1.807, 2.05) is 7.05 Å². The summed E-state index contributed by atoms with van der Waals surface area (Å²) in [7, 11) is 1.96. The van der Waals surface area contributed by atoms with Crippen LogP contribution in [0.4, 0.5) is 0 Å². The zero-order chi connectivity index (χ0) is 12.3. The summed E-state index contributed by atoms with van der Waals surface area (Å²) in [4.78, 5) is 2.11. The van der Waals surface area contributed by atoms with E-state index in [0.29, 0.717) is 0 Å². The molecular formula is C14H29N3. The highest BCUT2D eigenvalue weighted by atomic mass is 15.1. The highest BCUT2D eigenvalue weighted by Crippen LogP contribution is 2.27. The number of nitrogens with one attached hydrogen (secondary N) is 2. The molecule has 0 heterocycles. The van der Waals surface area contributed by atoms with E-state index in [2.05, 4.69) is 10.2 Å². The van der Waals surface area contributed by atoms with E-state index in [1.165, 1.54) is 57.7 Å². The molecule has 100 valence electrons. The Kier molecular flexibility index (Phi) is 8.06. The summed E-state index contributed by atoms with van der Waals surface area (Å²) in [6, 6.07) is 0. The van der Waals surface area contributed by atoms with Crippen LogP contribution in [0.15, 0.2) is 0 Å². The van der Waals surface area contributed by atoms with Crippen LogP contribution in [-0.2, 0) is 0 Å². The molecule has 0 atom stereocenters. The quantitative estimate of drug-likeness (QED) is 0.369. The summed E-state index contributed by atoms with van der Waals surface area (Å²) in [5.74, 6) is 1.01. The van der Waals surface area contributed by atoms with Gasteiger partial charge in [-0.25, -0.2) is 0 Å². The molecule has 0 spiro atoms. The second-order valence-corrected chi connectivity index (χ2v) is 5.27. The predicted molar refractivity (Wildman–Crippen MR) is 74.7 cm³/mol. The van der Waals surface area contributed by atoms with Crippen molar-refractivity contribution < 1.29 is 0 Å². The monoisotopic (exact) mass is 239 g/mol. The van der Waals surface area contributed by atoms with E-state index in [1.54, 1.807) is 0 Å². The van der Waals surface area contributed by atoms with Crippen LogP contribution in [0.2, 0.25) is 0 Å². The van der Waals surface area contributed by atoms with Gasteiger partial charge in [0.25, 0.3) is 0 Å². The third kappa shape index (κ3) is 6.67. The molecule has 0 aromatic carbocycles. The van der Waals surface area contributed by atoms with E-state index in [-0.39, 0.29) is 0 Å². The van der Waals surface area contributed by atoms with Crippen LogP contribution in [0.3, 0.4) is 0 Å². The first kappa shape index (κ1) is 14.5. The molecular weight excluding hydrogens is 210 g/mol. The van der Waals surface area contributed by atoms with Crippen molar-refractivity contribution in [2.45, 2.75) is 51.4 Å². The molecule has 0 radical (unpaired) electrons. The first-order valence-electron chi connectivity index (χ1n) is 7.26. The Morgan fingerprint density at radius 1 is 1.18 bits per heavy atom.